The average molecular weight is 254 g/mol. The van der Waals surface area contributed by atoms with Gasteiger partial charge in [0, 0.05) is 0 Å². The molecular weight excluding hydrogens is 251 g/mol. The van der Waals surface area contributed by atoms with Crippen molar-refractivity contribution in [3.8, 4) is 12.1 Å². The normalized spacial score (nSPS) is 15.4. The van der Waals surface area contributed by atoms with Gasteiger partial charge in [0.05, 0.1) is 11.1 Å². The zero-order valence-corrected chi connectivity index (χ0v) is 8.24. The highest BCUT2D eigenvalue weighted by Crippen LogP contribution is 3.02. The third-order valence-corrected chi connectivity index (χ3v) is 2.85. The number of rotatable bonds is 1. The summed E-state index contributed by atoms with van der Waals surface area (Å²) in [5.41, 5.74) is -2.07. The Hall–Kier alpha value is -1.80. The van der Waals surface area contributed by atoms with Crippen molar-refractivity contribution < 1.29 is 19.4 Å². The molecule has 0 radical (unpaired) electrons. The van der Waals surface area contributed by atoms with E-state index in [0.29, 0.717) is 6.07 Å². The van der Waals surface area contributed by atoms with Crippen molar-refractivity contribution in [2.24, 2.45) is 0 Å². The number of benzene rings is 1. The Morgan fingerprint density at radius 2 is 1.50 bits per heavy atom. The Balaban J connectivity index is 3.78. The van der Waals surface area contributed by atoms with Gasteiger partial charge < -0.3 is 0 Å². The Labute approximate surface area is 87.2 Å². The smallest absolute Gasteiger partial charge is 0.192 e. The monoisotopic (exact) mass is 254 g/mol. The lowest BCUT2D eigenvalue weighted by Gasteiger charge is -2.41. The first-order valence-electron chi connectivity index (χ1n) is 3.67. The van der Waals surface area contributed by atoms with Crippen LogP contribution in [0.25, 0.3) is 0 Å². The van der Waals surface area contributed by atoms with E-state index in [9.17, 15) is 19.4 Å². The molecule has 86 valence electrons. The van der Waals surface area contributed by atoms with Crippen molar-refractivity contribution in [2.45, 2.75) is 4.90 Å². The molecule has 16 heavy (non-hydrogen) atoms. The van der Waals surface area contributed by atoms with Gasteiger partial charge in [0.15, 0.2) is 0 Å². The third kappa shape index (κ3) is 2.23. The van der Waals surface area contributed by atoms with E-state index in [1.165, 1.54) is 6.07 Å². The Morgan fingerprint density at radius 1 is 0.938 bits per heavy atom. The van der Waals surface area contributed by atoms with E-state index in [0.717, 1.165) is 12.1 Å². The Bertz CT molecular complexity index is 534. The van der Waals surface area contributed by atoms with E-state index >= 15 is 0 Å². The molecule has 0 unspecified atom stereocenters. The first-order valence-corrected chi connectivity index (χ1v) is 5.62. The van der Waals surface area contributed by atoms with Crippen molar-refractivity contribution in [3.63, 3.8) is 0 Å². The molecule has 1 aromatic carbocycles. The summed E-state index contributed by atoms with van der Waals surface area (Å²) in [6.45, 7) is 0. The SMILES string of the molecule is N#Cc1cccc(S(F)(F)(F)(F)F)c1C#N. The summed E-state index contributed by atoms with van der Waals surface area (Å²) in [7, 11) is -9.93. The molecule has 1 rings (SSSR count). The molecule has 0 saturated heterocycles. The van der Waals surface area contributed by atoms with Crippen molar-refractivity contribution in [3.05, 3.63) is 29.3 Å². The molecule has 0 heterocycles. The average Bonchev–Trinajstić information content (AvgIpc) is 2.13. The van der Waals surface area contributed by atoms with Crippen LogP contribution in [0.4, 0.5) is 19.4 Å². The molecule has 1 aromatic rings. The summed E-state index contributed by atoms with van der Waals surface area (Å²) in [6, 6.07) is 3.86. The van der Waals surface area contributed by atoms with Gasteiger partial charge in [-0.25, -0.2) is 0 Å². The molecule has 0 spiro atoms. The minimum absolute atomic E-state index is 0.0982. The summed E-state index contributed by atoms with van der Waals surface area (Å²) >= 11 is 0. The number of nitriles is 2. The van der Waals surface area contributed by atoms with Crippen LogP contribution in [0.1, 0.15) is 11.1 Å². The minimum atomic E-state index is -9.93. The zero-order valence-electron chi connectivity index (χ0n) is 7.42. The summed E-state index contributed by atoms with van der Waals surface area (Å²) in [5.74, 6) is 0. The van der Waals surface area contributed by atoms with E-state index in [4.69, 9.17) is 10.5 Å². The van der Waals surface area contributed by atoms with Gasteiger partial charge in [0.1, 0.15) is 17.0 Å². The van der Waals surface area contributed by atoms with Crippen molar-refractivity contribution in [1.29, 1.82) is 10.5 Å². The molecule has 0 atom stereocenters. The van der Waals surface area contributed by atoms with Gasteiger partial charge in [0.2, 0.25) is 0 Å². The molecule has 0 aliphatic heterocycles. The third-order valence-electron chi connectivity index (χ3n) is 1.67. The van der Waals surface area contributed by atoms with Crippen molar-refractivity contribution in [1.82, 2.24) is 0 Å². The molecule has 0 saturated carbocycles. The van der Waals surface area contributed by atoms with E-state index in [1.807, 2.05) is 0 Å². The molecule has 2 nitrogen and oxygen atoms in total. The van der Waals surface area contributed by atoms with Gasteiger partial charge >= 0.3 is 10.2 Å². The van der Waals surface area contributed by atoms with E-state index in [1.54, 1.807) is 0 Å². The fourth-order valence-electron chi connectivity index (χ4n) is 1.06. The van der Waals surface area contributed by atoms with Gasteiger partial charge in [-0.15, -0.1) is 0 Å². The van der Waals surface area contributed by atoms with Crippen LogP contribution in [0.15, 0.2) is 23.1 Å². The lowest BCUT2D eigenvalue weighted by atomic mass is 10.1. The number of halogens is 5. The standard InChI is InChI=1S/C8H3F5N2S/c9-16(10,11,12,13)8-3-1-2-6(4-14)7(8)5-15/h1-3H. The fourth-order valence-corrected chi connectivity index (χ4v) is 1.94. The van der Waals surface area contributed by atoms with Crippen LogP contribution in [-0.4, -0.2) is 0 Å². The first-order chi connectivity index (χ1) is 6.99. The van der Waals surface area contributed by atoms with Gasteiger partial charge in [-0.2, -0.15) is 10.5 Å². The van der Waals surface area contributed by atoms with E-state index < -0.39 is 26.2 Å². The van der Waals surface area contributed by atoms with Crippen LogP contribution in [-0.2, 0) is 0 Å². The van der Waals surface area contributed by atoms with Crippen LogP contribution >= 0.6 is 10.2 Å². The van der Waals surface area contributed by atoms with Crippen molar-refractivity contribution >= 4 is 10.2 Å². The zero-order chi connectivity index (χ0) is 12.7. The number of hydrogen-bond donors (Lipinski definition) is 0. The van der Waals surface area contributed by atoms with Gasteiger partial charge in [-0.3, -0.25) is 0 Å². The van der Waals surface area contributed by atoms with E-state index in [-0.39, 0.29) is 6.07 Å². The van der Waals surface area contributed by atoms with Crippen LogP contribution in [0.5, 0.6) is 0 Å². The molecular formula is C8H3F5N2S. The lowest BCUT2D eigenvalue weighted by molar-refractivity contribution is 0.363. The maximum absolute atomic E-state index is 12.5. The number of nitrogens with zero attached hydrogens (tertiary/aromatic N) is 2. The molecule has 0 fully saturated rings. The predicted molar refractivity (Wildman–Crippen MR) is 47.3 cm³/mol. The molecule has 8 heteroatoms. The predicted octanol–water partition coefficient (Wildman–Crippen LogP) is 4.09. The van der Waals surface area contributed by atoms with Crippen LogP contribution < -0.4 is 0 Å². The largest absolute Gasteiger partial charge is 0.311 e. The Kier molecular flexibility index (Phi) is 2.04. The second-order valence-electron chi connectivity index (χ2n) is 2.87. The lowest BCUT2D eigenvalue weighted by Crippen LogP contribution is -2.09. The van der Waals surface area contributed by atoms with Crippen LogP contribution in [0.3, 0.4) is 0 Å². The second-order valence-corrected chi connectivity index (χ2v) is 5.25. The second kappa shape index (κ2) is 2.66. The van der Waals surface area contributed by atoms with Gasteiger partial charge in [0.25, 0.3) is 0 Å². The molecule has 0 aliphatic rings. The highest BCUT2D eigenvalue weighted by Gasteiger charge is 2.66. The molecule has 0 N–H and O–H groups in total. The quantitative estimate of drug-likeness (QED) is 0.708. The molecule has 0 aromatic heterocycles. The summed E-state index contributed by atoms with van der Waals surface area (Å²) in [5, 5.41) is 16.8. The first kappa shape index (κ1) is 12.3. The highest BCUT2D eigenvalue weighted by molar-refractivity contribution is 8.45. The molecule has 0 bridgehead atoms. The molecule has 0 aliphatic carbocycles. The summed E-state index contributed by atoms with van der Waals surface area (Å²) in [4.78, 5) is -2.32. The van der Waals surface area contributed by atoms with Gasteiger partial charge in [-0.1, -0.05) is 25.5 Å². The molecule has 0 amide bonds. The Morgan fingerprint density at radius 3 is 1.88 bits per heavy atom. The van der Waals surface area contributed by atoms with Gasteiger partial charge in [-0.05, 0) is 12.1 Å². The van der Waals surface area contributed by atoms with Crippen molar-refractivity contribution in [2.75, 3.05) is 0 Å². The maximum atomic E-state index is 12.5. The fraction of sp³-hybridized carbons (Fsp3) is 0. The topological polar surface area (TPSA) is 47.6 Å². The minimum Gasteiger partial charge on any atom is -0.192 e. The number of hydrogen-bond acceptors (Lipinski definition) is 2. The maximum Gasteiger partial charge on any atom is 0.311 e. The van der Waals surface area contributed by atoms with Crippen LogP contribution in [0.2, 0.25) is 0 Å². The van der Waals surface area contributed by atoms with E-state index in [2.05, 4.69) is 0 Å². The van der Waals surface area contributed by atoms with Crippen LogP contribution in [0, 0.1) is 22.7 Å². The highest BCUT2D eigenvalue weighted by atomic mass is 32.5. The summed E-state index contributed by atoms with van der Waals surface area (Å²) < 4.78 is 62.3. The summed E-state index contributed by atoms with van der Waals surface area (Å²) in [6.07, 6.45) is 0.